The van der Waals surface area contributed by atoms with E-state index in [0.29, 0.717) is 13.0 Å². The van der Waals surface area contributed by atoms with Gasteiger partial charge in [-0.1, -0.05) is 30.3 Å². The lowest BCUT2D eigenvalue weighted by Crippen LogP contribution is -2.41. The first-order valence-electron chi connectivity index (χ1n) is 8.36. The summed E-state index contributed by atoms with van der Waals surface area (Å²) in [5.41, 5.74) is 0.187. The van der Waals surface area contributed by atoms with E-state index in [1.165, 1.54) is 7.11 Å². The van der Waals surface area contributed by atoms with Gasteiger partial charge in [-0.05, 0) is 39.9 Å². The second-order valence-corrected chi connectivity index (χ2v) is 6.63. The highest BCUT2D eigenvalue weighted by Gasteiger charge is 2.70. The van der Waals surface area contributed by atoms with Gasteiger partial charge in [-0.2, -0.15) is 0 Å². The van der Waals surface area contributed by atoms with Crippen molar-refractivity contribution in [3.05, 3.63) is 35.9 Å². The molecule has 0 aliphatic heterocycles. The Morgan fingerprint density at radius 2 is 1.92 bits per heavy atom. The number of esters is 2. The average Bonchev–Trinajstić information content (AvgIpc) is 3.32. The van der Waals surface area contributed by atoms with Gasteiger partial charge in [0.2, 0.25) is 0 Å². The average molecular weight is 333 g/mol. The second-order valence-electron chi connectivity index (χ2n) is 6.63. The van der Waals surface area contributed by atoms with Crippen LogP contribution in [0.5, 0.6) is 0 Å². The molecule has 0 heterocycles. The fourth-order valence-corrected chi connectivity index (χ4v) is 3.64. The van der Waals surface area contributed by atoms with Crippen molar-refractivity contribution in [2.45, 2.75) is 32.2 Å². The Hall–Kier alpha value is -1.88. The van der Waals surface area contributed by atoms with E-state index in [1.54, 1.807) is 6.92 Å². The largest absolute Gasteiger partial charge is 0.469 e. The summed E-state index contributed by atoms with van der Waals surface area (Å²) in [4.78, 5) is 27.1. The highest BCUT2D eigenvalue weighted by Crippen LogP contribution is 2.63. The van der Waals surface area contributed by atoms with Crippen LogP contribution in [0, 0.1) is 11.3 Å². The summed E-state index contributed by atoms with van der Waals surface area (Å²) in [6.07, 6.45) is 0.468. The summed E-state index contributed by atoms with van der Waals surface area (Å²) in [5.74, 6) is -1.23. The van der Waals surface area contributed by atoms with Gasteiger partial charge >= 0.3 is 11.9 Å². The van der Waals surface area contributed by atoms with E-state index in [2.05, 4.69) is 11.8 Å². The molecule has 4 atom stereocenters. The Bertz CT molecular complexity index is 586. The maximum Gasteiger partial charge on any atom is 0.313 e. The van der Waals surface area contributed by atoms with Gasteiger partial charge < -0.3 is 14.4 Å². The van der Waals surface area contributed by atoms with Crippen LogP contribution in [-0.2, 0) is 19.1 Å². The van der Waals surface area contributed by atoms with Gasteiger partial charge in [-0.25, -0.2) is 0 Å². The molecule has 132 valence electrons. The van der Waals surface area contributed by atoms with Crippen molar-refractivity contribution >= 4 is 11.9 Å². The number of hydrogen-bond donors (Lipinski definition) is 0. The summed E-state index contributed by atoms with van der Waals surface area (Å²) in [7, 11) is 5.33. The summed E-state index contributed by atoms with van der Waals surface area (Å²) in [6.45, 7) is 4.16. The van der Waals surface area contributed by atoms with Crippen molar-refractivity contribution in [3.63, 3.8) is 0 Å². The SMILES string of the molecule is CCOC(=O)[C@@]1([C@@H](c2ccccc2)[C@H](C)N(C)C)C[C@@H]1C(=O)OC. The number of likely N-dealkylation sites (N-methyl/N-ethyl adjacent to an activating group) is 1. The third-order valence-electron chi connectivity index (χ3n) is 5.16. The van der Waals surface area contributed by atoms with Gasteiger partial charge in [0.1, 0.15) is 0 Å². The smallest absolute Gasteiger partial charge is 0.313 e. The van der Waals surface area contributed by atoms with E-state index >= 15 is 0 Å². The first-order valence-corrected chi connectivity index (χ1v) is 8.36. The van der Waals surface area contributed by atoms with Crippen molar-refractivity contribution < 1.29 is 19.1 Å². The molecule has 0 aromatic heterocycles. The van der Waals surface area contributed by atoms with Crippen LogP contribution >= 0.6 is 0 Å². The molecule has 1 fully saturated rings. The van der Waals surface area contributed by atoms with Crippen molar-refractivity contribution in [1.29, 1.82) is 0 Å². The number of carbonyl (C=O) groups excluding carboxylic acids is 2. The van der Waals surface area contributed by atoms with Crippen LogP contribution in [0.15, 0.2) is 30.3 Å². The van der Waals surface area contributed by atoms with Gasteiger partial charge in [-0.15, -0.1) is 0 Å². The third kappa shape index (κ3) is 3.18. The standard InChI is InChI=1S/C19H27NO4/c1-6-24-18(22)19(12-15(19)17(21)23-5)16(13(2)20(3)4)14-10-8-7-9-11-14/h7-11,13,15-16H,6,12H2,1-5H3/t13-,15+,16+,19-/m0/s1. The molecule has 0 saturated heterocycles. The van der Waals surface area contributed by atoms with E-state index in [9.17, 15) is 9.59 Å². The van der Waals surface area contributed by atoms with E-state index in [4.69, 9.17) is 9.47 Å². The summed E-state index contributed by atoms with van der Waals surface area (Å²) in [5, 5.41) is 0. The van der Waals surface area contributed by atoms with E-state index in [0.717, 1.165) is 5.56 Å². The fourth-order valence-electron chi connectivity index (χ4n) is 3.64. The van der Waals surface area contributed by atoms with Crippen molar-refractivity contribution in [2.75, 3.05) is 27.8 Å². The van der Waals surface area contributed by atoms with Gasteiger partial charge in [-0.3, -0.25) is 9.59 Å². The van der Waals surface area contributed by atoms with Gasteiger partial charge in [0.25, 0.3) is 0 Å². The molecule has 5 heteroatoms. The first kappa shape index (κ1) is 18.5. The molecule has 1 aromatic carbocycles. The topological polar surface area (TPSA) is 55.8 Å². The highest BCUT2D eigenvalue weighted by atomic mass is 16.5. The second kappa shape index (κ2) is 7.34. The quantitative estimate of drug-likeness (QED) is 0.718. The number of carbonyl (C=O) groups is 2. The van der Waals surface area contributed by atoms with Crippen LogP contribution in [0.2, 0.25) is 0 Å². The Balaban J connectivity index is 2.50. The zero-order valence-corrected chi connectivity index (χ0v) is 15.1. The maximum atomic E-state index is 12.9. The minimum Gasteiger partial charge on any atom is -0.469 e. The number of hydrogen-bond acceptors (Lipinski definition) is 5. The number of ether oxygens (including phenoxy) is 2. The summed E-state index contributed by atoms with van der Waals surface area (Å²) in [6, 6.07) is 9.95. The first-order chi connectivity index (χ1) is 11.4. The van der Waals surface area contributed by atoms with Crippen LogP contribution in [0.1, 0.15) is 31.7 Å². The molecule has 5 nitrogen and oxygen atoms in total. The molecule has 0 spiro atoms. The fraction of sp³-hybridized carbons (Fsp3) is 0.579. The van der Waals surface area contributed by atoms with Gasteiger partial charge in [0, 0.05) is 12.0 Å². The molecule has 0 radical (unpaired) electrons. The molecule has 1 aliphatic rings. The van der Waals surface area contributed by atoms with E-state index < -0.39 is 11.3 Å². The lowest BCUT2D eigenvalue weighted by atomic mass is 9.76. The lowest BCUT2D eigenvalue weighted by molar-refractivity contribution is -0.156. The summed E-state index contributed by atoms with van der Waals surface area (Å²) < 4.78 is 10.3. The monoisotopic (exact) mass is 333 g/mol. The Labute approximate surface area is 143 Å². The van der Waals surface area contributed by atoms with Crippen molar-refractivity contribution in [1.82, 2.24) is 4.90 Å². The Morgan fingerprint density at radius 1 is 1.29 bits per heavy atom. The molecule has 0 bridgehead atoms. The molecule has 1 aliphatic carbocycles. The molecule has 0 N–H and O–H groups in total. The van der Waals surface area contributed by atoms with Crippen LogP contribution < -0.4 is 0 Å². The molecular weight excluding hydrogens is 306 g/mol. The van der Waals surface area contributed by atoms with Crippen LogP contribution in [0.3, 0.4) is 0 Å². The maximum absolute atomic E-state index is 12.9. The molecular formula is C19H27NO4. The number of benzene rings is 1. The number of rotatable bonds is 7. The summed E-state index contributed by atoms with van der Waals surface area (Å²) >= 11 is 0. The molecule has 24 heavy (non-hydrogen) atoms. The normalized spacial score (nSPS) is 25.0. The van der Waals surface area contributed by atoms with Crippen LogP contribution in [-0.4, -0.2) is 50.7 Å². The minimum absolute atomic E-state index is 0.0615. The Kier molecular flexibility index (Phi) is 5.65. The zero-order chi connectivity index (χ0) is 17.9. The predicted molar refractivity (Wildman–Crippen MR) is 91.5 cm³/mol. The minimum atomic E-state index is -0.853. The molecule has 0 amide bonds. The molecule has 1 aromatic rings. The molecule has 1 saturated carbocycles. The predicted octanol–water partition coefficient (Wildman–Crippen LogP) is 2.46. The van der Waals surface area contributed by atoms with Crippen LogP contribution in [0.4, 0.5) is 0 Å². The molecule has 2 rings (SSSR count). The molecule has 0 unspecified atom stereocenters. The van der Waals surface area contributed by atoms with E-state index in [1.807, 2.05) is 44.4 Å². The van der Waals surface area contributed by atoms with E-state index in [-0.39, 0.29) is 23.9 Å². The van der Waals surface area contributed by atoms with Crippen LogP contribution in [0.25, 0.3) is 0 Å². The number of methoxy groups -OCH3 is 1. The lowest BCUT2D eigenvalue weighted by Gasteiger charge is -2.35. The number of nitrogens with zero attached hydrogens (tertiary/aromatic N) is 1. The zero-order valence-electron chi connectivity index (χ0n) is 15.1. The van der Waals surface area contributed by atoms with Gasteiger partial charge in [0.05, 0.1) is 25.0 Å². The van der Waals surface area contributed by atoms with Crippen molar-refractivity contribution in [3.8, 4) is 0 Å². The highest BCUT2D eigenvalue weighted by molar-refractivity contribution is 5.92. The Morgan fingerprint density at radius 3 is 2.42 bits per heavy atom. The van der Waals surface area contributed by atoms with Crippen molar-refractivity contribution in [2.24, 2.45) is 11.3 Å². The van der Waals surface area contributed by atoms with Gasteiger partial charge in [0.15, 0.2) is 0 Å². The third-order valence-corrected chi connectivity index (χ3v) is 5.16.